The summed E-state index contributed by atoms with van der Waals surface area (Å²) in [6, 6.07) is 2.78. The van der Waals surface area contributed by atoms with Gasteiger partial charge in [0.2, 0.25) is 11.1 Å². The van der Waals surface area contributed by atoms with Crippen molar-refractivity contribution >= 4 is 40.1 Å². The molecule has 1 heterocycles. The lowest BCUT2D eigenvalue weighted by Gasteiger charge is -2.01. The number of hydrogen-bond acceptors (Lipinski definition) is 3. The Hall–Kier alpha value is -1.59. The lowest BCUT2D eigenvalue weighted by Crippen LogP contribution is -2.18. The molecule has 0 radical (unpaired) electrons. The second-order valence-electron chi connectivity index (χ2n) is 3.02. The molecular weight excluding hydrogens is 255 g/mol. The average Bonchev–Trinajstić information content (AvgIpc) is 2.19. The monoisotopic (exact) mass is 258 g/mol. The third-order valence-electron chi connectivity index (χ3n) is 2.00. The highest BCUT2D eigenvalue weighted by Gasteiger charge is 2.15. The molecule has 0 aliphatic heterocycles. The molecule has 0 atom stereocenters. The van der Waals surface area contributed by atoms with Gasteiger partial charge in [-0.1, -0.05) is 23.2 Å². The molecule has 0 amide bonds. The van der Waals surface area contributed by atoms with Crippen molar-refractivity contribution in [3.8, 4) is 0 Å². The molecule has 5 nitrogen and oxygen atoms in total. The van der Waals surface area contributed by atoms with E-state index in [2.05, 4.69) is 10.2 Å². The van der Waals surface area contributed by atoms with Gasteiger partial charge in [-0.2, -0.15) is 5.10 Å². The Bertz CT molecular complexity index is 651. The van der Waals surface area contributed by atoms with Crippen LogP contribution in [0.25, 0.3) is 10.9 Å². The van der Waals surface area contributed by atoms with Crippen LogP contribution in [0, 0.1) is 0 Å². The van der Waals surface area contributed by atoms with Crippen molar-refractivity contribution in [3.05, 3.63) is 38.1 Å². The van der Waals surface area contributed by atoms with Crippen LogP contribution in [0.1, 0.15) is 10.5 Å². The molecule has 7 heteroatoms. The molecule has 82 valence electrons. The van der Waals surface area contributed by atoms with Gasteiger partial charge in [-0.05, 0) is 12.1 Å². The van der Waals surface area contributed by atoms with E-state index in [-0.39, 0.29) is 20.9 Å². The Morgan fingerprint density at radius 2 is 2.06 bits per heavy atom. The number of fused-ring (bicyclic) bond motifs is 1. The Kier molecular flexibility index (Phi) is 2.57. The second-order valence-corrected chi connectivity index (χ2v) is 3.86. The maximum atomic E-state index is 11.7. The first kappa shape index (κ1) is 10.9. The predicted molar refractivity (Wildman–Crippen MR) is 59.3 cm³/mol. The SMILES string of the molecule is O=C(O)c1n[nH]c2c(Cl)cc(Cl)cc2c1=O. The molecule has 0 saturated heterocycles. The highest BCUT2D eigenvalue weighted by atomic mass is 35.5. The molecule has 0 aliphatic rings. The van der Waals surface area contributed by atoms with E-state index < -0.39 is 17.1 Å². The smallest absolute Gasteiger partial charge is 0.360 e. The fourth-order valence-corrected chi connectivity index (χ4v) is 1.84. The number of carboxylic acid groups (broad SMARTS) is 1. The normalized spacial score (nSPS) is 10.6. The summed E-state index contributed by atoms with van der Waals surface area (Å²) in [6.45, 7) is 0. The van der Waals surface area contributed by atoms with Gasteiger partial charge in [0.05, 0.1) is 15.9 Å². The summed E-state index contributed by atoms with van der Waals surface area (Å²) in [6.07, 6.45) is 0. The number of H-pyrrole nitrogens is 1. The summed E-state index contributed by atoms with van der Waals surface area (Å²) >= 11 is 11.5. The molecule has 1 aromatic heterocycles. The van der Waals surface area contributed by atoms with Crippen LogP contribution in [0.15, 0.2) is 16.9 Å². The van der Waals surface area contributed by atoms with Gasteiger partial charge in [0.15, 0.2) is 0 Å². The highest BCUT2D eigenvalue weighted by molar-refractivity contribution is 6.38. The van der Waals surface area contributed by atoms with Gasteiger partial charge in [-0.25, -0.2) is 4.79 Å². The maximum Gasteiger partial charge on any atom is 0.360 e. The standard InChI is InChI=1S/C9H4Cl2N2O3/c10-3-1-4-6(5(11)2-3)12-13-7(8(4)14)9(15)16/h1-2H,(H,12,14)(H,15,16). The first-order valence-electron chi connectivity index (χ1n) is 4.11. The van der Waals surface area contributed by atoms with Crippen LogP contribution < -0.4 is 5.43 Å². The Morgan fingerprint density at radius 1 is 1.38 bits per heavy atom. The molecule has 0 fully saturated rings. The molecule has 0 unspecified atom stereocenters. The fraction of sp³-hybridized carbons (Fsp3) is 0. The van der Waals surface area contributed by atoms with E-state index in [0.717, 1.165) is 0 Å². The lowest BCUT2D eigenvalue weighted by atomic mass is 10.2. The van der Waals surface area contributed by atoms with Crippen molar-refractivity contribution in [1.82, 2.24) is 10.2 Å². The molecule has 1 aromatic carbocycles. The minimum absolute atomic E-state index is 0.102. The third-order valence-corrected chi connectivity index (χ3v) is 2.51. The lowest BCUT2D eigenvalue weighted by molar-refractivity contribution is 0.0688. The number of aromatic carboxylic acids is 1. The van der Waals surface area contributed by atoms with Crippen LogP contribution in [0.4, 0.5) is 0 Å². The molecule has 16 heavy (non-hydrogen) atoms. The number of nitrogens with one attached hydrogen (secondary N) is 1. The van der Waals surface area contributed by atoms with E-state index in [4.69, 9.17) is 28.3 Å². The first-order valence-corrected chi connectivity index (χ1v) is 4.87. The van der Waals surface area contributed by atoms with Gasteiger partial charge in [0, 0.05) is 5.02 Å². The molecule has 2 rings (SSSR count). The van der Waals surface area contributed by atoms with Crippen LogP contribution in [0.5, 0.6) is 0 Å². The van der Waals surface area contributed by atoms with Crippen molar-refractivity contribution < 1.29 is 9.90 Å². The van der Waals surface area contributed by atoms with Gasteiger partial charge in [-0.3, -0.25) is 9.89 Å². The van der Waals surface area contributed by atoms with E-state index in [1.165, 1.54) is 12.1 Å². The van der Waals surface area contributed by atoms with E-state index >= 15 is 0 Å². The van der Waals surface area contributed by atoms with Gasteiger partial charge < -0.3 is 5.11 Å². The summed E-state index contributed by atoms with van der Waals surface area (Å²) in [7, 11) is 0. The fourth-order valence-electron chi connectivity index (χ4n) is 1.30. The molecule has 2 aromatic rings. The second kappa shape index (κ2) is 3.77. The summed E-state index contributed by atoms with van der Waals surface area (Å²) in [5.74, 6) is -1.40. The Labute approximate surface area is 98.6 Å². The molecule has 0 bridgehead atoms. The number of carboxylic acids is 1. The van der Waals surface area contributed by atoms with Gasteiger partial charge in [-0.15, -0.1) is 0 Å². The van der Waals surface area contributed by atoms with E-state index in [1.54, 1.807) is 0 Å². The number of halogens is 2. The number of hydrogen-bond donors (Lipinski definition) is 2. The molecule has 2 N–H and O–H groups in total. The van der Waals surface area contributed by atoms with Crippen LogP contribution in [-0.2, 0) is 0 Å². The largest absolute Gasteiger partial charge is 0.476 e. The average molecular weight is 259 g/mol. The predicted octanol–water partition coefficient (Wildman–Crippen LogP) is 1.93. The number of nitrogens with zero attached hydrogens (tertiary/aromatic N) is 1. The van der Waals surface area contributed by atoms with Gasteiger partial charge in [0.25, 0.3) is 0 Å². The van der Waals surface area contributed by atoms with Crippen LogP contribution in [-0.4, -0.2) is 21.3 Å². The van der Waals surface area contributed by atoms with E-state index in [9.17, 15) is 9.59 Å². The van der Waals surface area contributed by atoms with Crippen LogP contribution >= 0.6 is 23.2 Å². The van der Waals surface area contributed by atoms with E-state index in [1.807, 2.05) is 0 Å². The summed E-state index contributed by atoms with van der Waals surface area (Å²) in [4.78, 5) is 22.4. The zero-order valence-electron chi connectivity index (χ0n) is 7.62. The first-order chi connectivity index (χ1) is 7.50. The minimum Gasteiger partial charge on any atom is -0.476 e. The molecule has 0 saturated carbocycles. The summed E-state index contributed by atoms with van der Waals surface area (Å²) < 4.78 is 0. The van der Waals surface area contributed by atoms with Gasteiger partial charge in [0.1, 0.15) is 0 Å². The maximum absolute atomic E-state index is 11.7. The molecule has 0 aliphatic carbocycles. The van der Waals surface area contributed by atoms with E-state index in [0.29, 0.717) is 0 Å². The number of aromatic nitrogens is 2. The molecular formula is C9H4Cl2N2O3. The van der Waals surface area contributed by atoms with Crippen LogP contribution in [0.2, 0.25) is 10.0 Å². The van der Waals surface area contributed by atoms with Crippen molar-refractivity contribution in [2.75, 3.05) is 0 Å². The van der Waals surface area contributed by atoms with Crippen molar-refractivity contribution in [3.63, 3.8) is 0 Å². The van der Waals surface area contributed by atoms with Crippen molar-refractivity contribution in [2.24, 2.45) is 0 Å². The zero-order valence-corrected chi connectivity index (χ0v) is 9.13. The topological polar surface area (TPSA) is 83.0 Å². The minimum atomic E-state index is -1.40. The number of aromatic amines is 1. The Balaban J connectivity index is 2.95. The van der Waals surface area contributed by atoms with Gasteiger partial charge >= 0.3 is 5.97 Å². The van der Waals surface area contributed by atoms with Crippen molar-refractivity contribution in [2.45, 2.75) is 0 Å². The highest BCUT2D eigenvalue weighted by Crippen LogP contribution is 2.23. The third kappa shape index (κ3) is 1.64. The number of benzene rings is 1. The Morgan fingerprint density at radius 3 is 2.69 bits per heavy atom. The van der Waals surface area contributed by atoms with Crippen LogP contribution in [0.3, 0.4) is 0 Å². The number of carbonyl (C=O) groups is 1. The zero-order chi connectivity index (χ0) is 11.9. The summed E-state index contributed by atoms with van der Waals surface area (Å²) in [5.41, 5.74) is -1.04. The molecule has 0 spiro atoms. The van der Waals surface area contributed by atoms with Crippen molar-refractivity contribution in [1.29, 1.82) is 0 Å². The quantitative estimate of drug-likeness (QED) is 0.819. The summed E-state index contributed by atoms with van der Waals surface area (Å²) in [5, 5.41) is 15.1. The number of rotatable bonds is 1.